The van der Waals surface area contributed by atoms with Gasteiger partial charge in [-0.1, -0.05) is 24.3 Å². The lowest BCUT2D eigenvalue weighted by atomic mass is 10.0. The van der Waals surface area contributed by atoms with Crippen LogP contribution in [0.2, 0.25) is 0 Å². The predicted molar refractivity (Wildman–Crippen MR) is 88.0 cm³/mol. The summed E-state index contributed by atoms with van der Waals surface area (Å²) in [6.45, 7) is 5.87. The lowest BCUT2D eigenvalue weighted by Crippen LogP contribution is -2.45. The first-order valence-corrected chi connectivity index (χ1v) is 7.78. The highest BCUT2D eigenvalue weighted by Gasteiger charge is 2.26. The number of rotatable bonds is 4. The highest BCUT2D eigenvalue weighted by atomic mass is 16.5. The number of hydrogen-bond donors (Lipinski definition) is 1. The fraction of sp³-hybridized carbons (Fsp3) is 0.389. The Kier molecular flexibility index (Phi) is 4.71. The van der Waals surface area contributed by atoms with Crippen LogP contribution in [-0.2, 0) is 6.54 Å². The maximum absolute atomic E-state index is 5.55. The highest BCUT2D eigenvalue weighted by Crippen LogP contribution is 2.30. The van der Waals surface area contributed by atoms with Gasteiger partial charge in [0.25, 0.3) is 0 Å². The number of pyridine rings is 1. The van der Waals surface area contributed by atoms with E-state index in [9.17, 15) is 0 Å². The second-order valence-electron chi connectivity index (χ2n) is 5.70. The summed E-state index contributed by atoms with van der Waals surface area (Å²) in [5.41, 5.74) is 3.44. The summed E-state index contributed by atoms with van der Waals surface area (Å²) in [4.78, 5) is 7.13. The quantitative estimate of drug-likeness (QED) is 0.941. The summed E-state index contributed by atoms with van der Waals surface area (Å²) in [6.07, 6.45) is 0. The first-order chi connectivity index (χ1) is 10.8. The number of methoxy groups -OCH3 is 1. The predicted octanol–water partition coefficient (Wildman–Crippen LogP) is 2.55. The van der Waals surface area contributed by atoms with Gasteiger partial charge < -0.3 is 10.1 Å². The van der Waals surface area contributed by atoms with Crippen molar-refractivity contribution in [2.45, 2.75) is 19.5 Å². The average molecular weight is 297 g/mol. The molecule has 0 amide bonds. The van der Waals surface area contributed by atoms with Gasteiger partial charge in [-0.05, 0) is 25.1 Å². The van der Waals surface area contributed by atoms with Gasteiger partial charge >= 0.3 is 0 Å². The largest absolute Gasteiger partial charge is 0.496 e. The smallest absolute Gasteiger partial charge is 0.123 e. The number of nitrogens with zero attached hydrogens (tertiary/aromatic N) is 2. The molecule has 0 saturated carbocycles. The number of nitrogens with one attached hydrogen (secondary N) is 1. The molecule has 2 aromatic rings. The molecule has 0 spiro atoms. The normalized spacial score (nSPS) is 19.1. The molecule has 1 unspecified atom stereocenters. The molecule has 0 bridgehead atoms. The van der Waals surface area contributed by atoms with Gasteiger partial charge in [-0.15, -0.1) is 0 Å². The number of ether oxygens (including phenoxy) is 1. The van der Waals surface area contributed by atoms with E-state index in [1.165, 1.54) is 5.56 Å². The number of para-hydroxylation sites is 1. The van der Waals surface area contributed by atoms with Crippen molar-refractivity contribution in [2.75, 3.05) is 26.7 Å². The Hall–Kier alpha value is -1.91. The van der Waals surface area contributed by atoms with Crippen LogP contribution in [0.5, 0.6) is 5.75 Å². The van der Waals surface area contributed by atoms with E-state index >= 15 is 0 Å². The van der Waals surface area contributed by atoms with E-state index < -0.39 is 0 Å². The lowest BCUT2D eigenvalue weighted by Gasteiger charge is -2.36. The zero-order valence-electron chi connectivity index (χ0n) is 13.2. The molecule has 1 saturated heterocycles. The molecule has 116 valence electrons. The molecule has 1 fully saturated rings. The minimum Gasteiger partial charge on any atom is -0.496 e. The van der Waals surface area contributed by atoms with Crippen LogP contribution in [0.25, 0.3) is 0 Å². The van der Waals surface area contributed by atoms with Crippen LogP contribution >= 0.6 is 0 Å². The molecule has 4 heteroatoms. The molecular weight excluding hydrogens is 274 g/mol. The highest BCUT2D eigenvalue weighted by molar-refractivity contribution is 5.36. The van der Waals surface area contributed by atoms with E-state index in [1.54, 1.807) is 7.11 Å². The van der Waals surface area contributed by atoms with E-state index in [1.807, 2.05) is 25.1 Å². The first kappa shape index (κ1) is 15.0. The van der Waals surface area contributed by atoms with Crippen LogP contribution in [0.1, 0.15) is 23.0 Å². The molecule has 4 nitrogen and oxygen atoms in total. The van der Waals surface area contributed by atoms with Crippen LogP contribution in [-0.4, -0.2) is 36.6 Å². The Morgan fingerprint density at radius 3 is 2.91 bits per heavy atom. The fourth-order valence-electron chi connectivity index (χ4n) is 3.08. The van der Waals surface area contributed by atoms with Gasteiger partial charge in [0, 0.05) is 37.4 Å². The topological polar surface area (TPSA) is 37.4 Å². The molecular formula is C18H23N3O. The monoisotopic (exact) mass is 297 g/mol. The van der Waals surface area contributed by atoms with Crippen molar-refractivity contribution in [1.29, 1.82) is 0 Å². The summed E-state index contributed by atoms with van der Waals surface area (Å²) >= 11 is 0. The van der Waals surface area contributed by atoms with Crippen molar-refractivity contribution in [3.05, 3.63) is 59.4 Å². The van der Waals surface area contributed by atoms with E-state index in [0.29, 0.717) is 6.04 Å². The standard InChI is InChI=1S/C18H23N3O/c1-14-6-5-7-15(20-14)13-21-11-10-19-12-17(21)16-8-3-4-9-18(16)22-2/h3-9,17,19H,10-13H2,1-2H3. The molecule has 0 aliphatic carbocycles. The molecule has 1 atom stereocenters. The van der Waals surface area contributed by atoms with Gasteiger partial charge in [0.15, 0.2) is 0 Å². The molecule has 1 aromatic carbocycles. The van der Waals surface area contributed by atoms with Gasteiger partial charge in [0.1, 0.15) is 5.75 Å². The third kappa shape index (κ3) is 3.29. The average Bonchev–Trinajstić information content (AvgIpc) is 2.55. The molecule has 3 rings (SSSR count). The van der Waals surface area contributed by atoms with Crippen molar-refractivity contribution in [3.63, 3.8) is 0 Å². The third-order valence-electron chi connectivity index (χ3n) is 4.16. The Morgan fingerprint density at radius 2 is 2.09 bits per heavy atom. The summed E-state index contributed by atoms with van der Waals surface area (Å²) in [5, 5.41) is 3.49. The maximum Gasteiger partial charge on any atom is 0.123 e. The number of aromatic nitrogens is 1. The maximum atomic E-state index is 5.55. The molecule has 1 N–H and O–H groups in total. The van der Waals surface area contributed by atoms with Crippen LogP contribution in [0, 0.1) is 6.92 Å². The fourth-order valence-corrected chi connectivity index (χ4v) is 3.08. The molecule has 22 heavy (non-hydrogen) atoms. The van der Waals surface area contributed by atoms with Crippen LogP contribution < -0.4 is 10.1 Å². The second kappa shape index (κ2) is 6.90. The molecule has 1 aliphatic heterocycles. The summed E-state index contributed by atoms with van der Waals surface area (Å²) in [6, 6.07) is 14.8. The molecule has 2 heterocycles. The summed E-state index contributed by atoms with van der Waals surface area (Å²) in [7, 11) is 1.74. The van der Waals surface area contributed by atoms with E-state index in [2.05, 4.69) is 39.5 Å². The zero-order chi connectivity index (χ0) is 15.4. The van der Waals surface area contributed by atoms with Gasteiger partial charge in [-0.2, -0.15) is 0 Å². The Bertz CT molecular complexity index is 629. The Labute approximate surface area is 132 Å². The van der Waals surface area contributed by atoms with Crippen molar-refractivity contribution in [2.24, 2.45) is 0 Å². The number of aryl methyl sites for hydroxylation is 1. The SMILES string of the molecule is COc1ccccc1C1CNCCN1Cc1cccc(C)n1. The Balaban J connectivity index is 1.85. The van der Waals surface area contributed by atoms with Gasteiger partial charge in [-0.25, -0.2) is 0 Å². The van der Waals surface area contributed by atoms with Crippen LogP contribution in [0.4, 0.5) is 0 Å². The van der Waals surface area contributed by atoms with Crippen molar-refractivity contribution < 1.29 is 4.74 Å². The number of benzene rings is 1. The molecule has 1 aliphatic rings. The van der Waals surface area contributed by atoms with Gasteiger partial charge in [0.2, 0.25) is 0 Å². The zero-order valence-corrected chi connectivity index (χ0v) is 13.2. The third-order valence-corrected chi connectivity index (χ3v) is 4.16. The van der Waals surface area contributed by atoms with Gasteiger partial charge in [-0.3, -0.25) is 9.88 Å². The lowest BCUT2D eigenvalue weighted by molar-refractivity contribution is 0.149. The van der Waals surface area contributed by atoms with E-state index in [-0.39, 0.29) is 0 Å². The van der Waals surface area contributed by atoms with Crippen LogP contribution in [0.15, 0.2) is 42.5 Å². The number of hydrogen-bond acceptors (Lipinski definition) is 4. The molecule has 1 aromatic heterocycles. The first-order valence-electron chi connectivity index (χ1n) is 7.78. The minimum atomic E-state index is 0.312. The van der Waals surface area contributed by atoms with Gasteiger partial charge in [0.05, 0.1) is 18.8 Å². The van der Waals surface area contributed by atoms with Crippen molar-refractivity contribution in [1.82, 2.24) is 15.2 Å². The van der Waals surface area contributed by atoms with Crippen molar-refractivity contribution in [3.8, 4) is 5.75 Å². The van der Waals surface area contributed by atoms with Crippen molar-refractivity contribution >= 4 is 0 Å². The van der Waals surface area contributed by atoms with E-state index in [0.717, 1.165) is 43.3 Å². The number of piperazine rings is 1. The molecule has 0 radical (unpaired) electrons. The van der Waals surface area contributed by atoms with Crippen LogP contribution in [0.3, 0.4) is 0 Å². The minimum absolute atomic E-state index is 0.312. The summed E-state index contributed by atoms with van der Waals surface area (Å²) in [5.74, 6) is 0.957. The van der Waals surface area contributed by atoms with E-state index in [4.69, 9.17) is 4.74 Å². The second-order valence-corrected chi connectivity index (χ2v) is 5.70. The summed E-state index contributed by atoms with van der Waals surface area (Å²) < 4.78 is 5.55. The Morgan fingerprint density at radius 1 is 1.23 bits per heavy atom.